The number of rotatable bonds is 0. The Balaban J connectivity index is 4.39. The predicted molar refractivity (Wildman–Crippen MR) is 38.8 cm³/mol. The largest absolute Gasteiger partial charge is 0.193 e. The predicted octanol–water partition coefficient (Wildman–Crippen LogP) is 2.50. The van der Waals surface area contributed by atoms with Gasteiger partial charge in [0.15, 0.2) is 0 Å². The van der Waals surface area contributed by atoms with Gasteiger partial charge in [-0.1, -0.05) is 26.8 Å². The third-order valence-corrected chi connectivity index (χ3v) is 1.22. The lowest BCUT2D eigenvalue weighted by atomic mass is 9.87. The first kappa shape index (κ1) is 8.23. The van der Waals surface area contributed by atoms with E-state index in [0.717, 1.165) is 5.57 Å². The Kier molecular flexibility index (Phi) is 2.45. The summed E-state index contributed by atoms with van der Waals surface area (Å²) in [6.07, 6.45) is 1.86. The fraction of sp³-hybridized carbons (Fsp3) is 0.625. The molecule has 0 aliphatic rings. The SMILES string of the molecule is C/C=C(/C#N)C(C)(C)C. The van der Waals surface area contributed by atoms with E-state index in [2.05, 4.69) is 6.07 Å². The molecule has 1 nitrogen and oxygen atoms in total. The highest BCUT2D eigenvalue weighted by molar-refractivity contribution is 5.25. The van der Waals surface area contributed by atoms with Crippen molar-refractivity contribution in [2.24, 2.45) is 5.41 Å². The van der Waals surface area contributed by atoms with Gasteiger partial charge >= 0.3 is 0 Å². The summed E-state index contributed by atoms with van der Waals surface area (Å²) in [7, 11) is 0. The van der Waals surface area contributed by atoms with E-state index in [-0.39, 0.29) is 5.41 Å². The van der Waals surface area contributed by atoms with Gasteiger partial charge < -0.3 is 0 Å². The van der Waals surface area contributed by atoms with Gasteiger partial charge in [-0.3, -0.25) is 0 Å². The van der Waals surface area contributed by atoms with Crippen molar-refractivity contribution in [3.8, 4) is 6.07 Å². The zero-order chi connectivity index (χ0) is 7.49. The summed E-state index contributed by atoms with van der Waals surface area (Å²) in [5.74, 6) is 0. The van der Waals surface area contributed by atoms with E-state index >= 15 is 0 Å². The van der Waals surface area contributed by atoms with E-state index in [9.17, 15) is 0 Å². The molecule has 0 bridgehead atoms. The van der Waals surface area contributed by atoms with Crippen molar-refractivity contribution in [2.75, 3.05) is 0 Å². The quantitative estimate of drug-likeness (QED) is 0.454. The molecule has 1 heteroatoms. The van der Waals surface area contributed by atoms with Crippen molar-refractivity contribution in [3.63, 3.8) is 0 Å². The van der Waals surface area contributed by atoms with Crippen LogP contribution in [0.3, 0.4) is 0 Å². The van der Waals surface area contributed by atoms with Crippen molar-refractivity contribution in [1.29, 1.82) is 5.26 Å². The Morgan fingerprint density at radius 2 is 1.89 bits per heavy atom. The summed E-state index contributed by atoms with van der Waals surface area (Å²) in [6.45, 7) is 7.99. The summed E-state index contributed by atoms with van der Waals surface area (Å²) in [4.78, 5) is 0. The fourth-order valence-electron chi connectivity index (χ4n) is 0.665. The highest BCUT2D eigenvalue weighted by atomic mass is 14.3. The summed E-state index contributed by atoms with van der Waals surface area (Å²) in [5, 5.41) is 8.54. The minimum atomic E-state index is 0.0174. The van der Waals surface area contributed by atoms with Crippen LogP contribution in [-0.2, 0) is 0 Å². The average Bonchev–Trinajstić information content (AvgIpc) is 1.65. The Morgan fingerprint density at radius 1 is 1.44 bits per heavy atom. The maximum absolute atomic E-state index is 8.54. The van der Waals surface area contributed by atoms with Crippen molar-refractivity contribution >= 4 is 0 Å². The first-order chi connectivity index (χ1) is 4.02. The number of allylic oxidation sites excluding steroid dienone is 2. The molecule has 9 heavy (non-hydrogen) atoms. The van der Waals surface area contributed by atoms with E-state index < -0.39 is 0 Å². The Morgan fingerprint density at radius 3 is 1.89 bits per heavy atom. The lowest BCUT2D eigenvalue weighted by Crippen LogP contribution is -2.06. The van der Waals surface area contributed by atoms with E-state index in [0.29, 0.717) is 0 Å². The van der Waals surface area contributed by atoms with E-state index in [1.165, 1.54) is 0 Å². The van der Waals surface area contributed by atoms with Gasteiger partial charge in [-0.2, -0.15) is 5.26 Å². The van der Waals surface area contributed by atoms with Gasteiger partial charge in [0, 0.05) is 5.57 Å². The van der Waals surface area contributed by atoms with Crippen LogP contribution in [0.5, 0.6) is 0 Å². The summed E-state index contributed by atoms with van der Waals surface area (Å²) in [6, 6.07) is 2.15. The minimum Gasteiger partial charge on any atom is -0.193 e. The third kappa shape index (κ3) is 2.32. The lowest BCUT2D eigenvalue weighted by molar-refractivity contribution is 0.519. The summed E-state index contributed by atoms with van der Waals surface area (Å²) < 4.78 is 0. The molecule has 0 saturated heterocycles. The molecule has 0 unspecified atom stereocenters. The standard InChI is InChI=1S/C8H13N/c1-5-7(6-9)8(2,3)4/h5H,1-4H3/b7-5-. The molecule has 0 fully saturated rings. The molecule has 0 spiro atoms. The second-order valence-electron chi connectivity index (χ2n) is 3.06. The van der Waals surface area contributed by atoms with Gasteiger partial charge in [-0.25, -0.2) is 0 Å². The molecule has 0 aromatic rings. The Bertz CT molecular complexity index is 152. The van der Waals surface area contributed by atoms with Crippen LogP contribution in [0.4, 0.5) is 0 Å². The molecule has 0 aromatic carbocycles. The van der Waals surface area contributed by atoms with Crippen LogP contribution in [0, 0.1) is 16.7 Å². The zero-order valence-corrected chi connectivity index (χ0v) is 6.52. The van der Waals surface area contributed by atoms with Gasteiger partial charge in [-0.15, -0.1) is 0 Å². The monoisotopic (exact) mass is 123 g/mol. The van der Waals surface area contributed by atoms with Crippen molar-refractivity contribution in [1.82, 2.24) is 0 Å². The van der Waals surface area contributed by atoms with Crippen LogP contribution in [0.2, 0.25) is 0 Å². The molecule has 50 valence electrons. The first-order valence-corrected chi connectivity index (χ1v) is 3.09. The molecule has 0 aliphatic carbocycles. The minimum absolute atomic E-state index is 0.0174. The molecule has 0 atom stereocenters. The van der Waals surface area contributed by atoms with Gasteiger partial charge in [0.2, 0.25) is 0 Å². The van der Waals surface area contributed by atoms with Gasteiger partial charge in [0.25, 0.3) is 0 Å². The molecule has 0 amide bonds. The zero-order valence-electron chi connectivity index (χ0n) is 6.52. The normalized spacial score (nSPS) is 13.0. The van der Waals surface area contributed by atoms with Gasteiger partial charge in [0.05, 0.1) is 6.07 Å². The molecule has 0 radical (unpaired) electrons. The first-order valence-electron chi connectivity index (χ1n) is 3.09. The molecule has 0 saturated carbocycles. The second-order valence-corrected chi connectivity index (χ2v) is 3.06. The number of nitriles is 1. The number of hydrogen-bond donors (Lipinski definition) is 0. The van der Waals surface area contributed by atoms with E-state index in [1.54, 1.807) is 0 Å². The average molecular weight is 123 g/mol. The summed E-state index contributed by atoms with van der Waals surface area (Å²) >= 11 is 0. The Hall–Kier alpha value is -0.770. The molecular formula is C8H13N. The van der Waals surface area contributed by atoms with Crippen LogP contribution in [-0.4, -0.2) is 0 Å². The van der Waals surface area contributed by atoms with Crippen LogP contribution >= 0.6 is 0 Å². The van der Waals surface area contributed by atoms with E-state index in [1.807, 2.05) is 33.8 Å². The number of hydrogen-bond acceptors (Lipinski definition) is 1. The van der Waals surface area contributed by atoms with Crippen LogP contribution < -0.4 is 0 Å². The fourth-order valence-corrected chi connectivity index (χ4v) is 0.665. The van der Waals surface area contributed by atoms with E-state index in [4.69, 9.17) is 5.26 Å². The molecule has 0 aliphatic heterocycles. The smallest absolute Gasteiger partial charge is 0.0949 e. The second kappa shape index (κ2) is 2.68. The molecular weight excluding hydrogens is 110 g/mol. The number of nitrogens with zero attached hydrogens (tertiary/aromatic N) is 1. The molecule has 0 aromatic heterocycles. The maximum atomic E-state index is 8.54. The van der Waals surface area contributed by atoms with Crippen molar-refractivity contribution in [3.05, 3.63) is 11.6 Å². The molecule has 0 heterocycles. The lowest BCUT2D eigenvalue weighted by Gasteiger charge is -2.15. The third-order valence-electron chi connectivity index (χ3n) is 1.22. The molecule has 0 N–H and O–H groups in total. The topological polar surface area (TPSA) is 23.8 Å². The van der Waals surface area contributed by atoms with Crippen LogP contribution in [0.15, 0.2) is 11.6 Å². The van der Waals surface area contributed by atoms with Gasteiger partial charge in [0.1, 0.15) is 0 Å². The molecule has 0 rings (SSSR count). The maximum Gasteiger partial charge on any atom is 0.0949 e. The van der Waals surface area contributed by atoms with Crippen molar-refractivity contribution < 1.29 is 0 Å². The summed E-state index contributed by atoms with van der Waals surface area (Å²) in [5.41, 5.74) is 0.867. The van der Waals surface area contributed by atoms with Crippen molar-refractivity contribution in [2.45, 2.75) is 27.7 Å². The Labute approximate surface area is 57.0 Å². The highest BCUT2D eigenvalue weighted by Crippen LogP contribution is 2.23. The van der Waals surface area contributed by atoms with Gasteiger partial charge in [-0.05, 0) is 12.3 Å². The van der Waals surface area contributed by atoms with Crippen LogP contribution in [0.25, 0.3) is 0 Å². The highest BCUT2D eigenvalue weighted by Gasteiger charge is 2.14. The van der Waals surface area contributed by atoms with Crippen LogP contribution in [0.1, 0.15) is 27.7 Å².